The minimum absolute atomic E-state index is 0.0817. The van der Waals surface area contributed by atoms with E-state index < -0.39 is 0 Å². The zero-order chi connectivity index (χ0) is 13.5. The van der Waals surface area contributed by atoms with Crippen molar-refractivity contribution in [3.63, 3.8) is 0 Å². The van der Waals surface area contributed by atoms with Crippen LogP contribution in [0.4, 0.5) is 0 Å². The van der Waals surface area contributed by atoms with Crippen LogP contribution >= 0.6 is 31.9 Å². The maximum atomic E-state index is 11.6. The Bertz CT molecular complexity index is 444. The van der Waals surface area contributed by atoms with Crippen molar-refractivity contribution in [1.82, 2.24) is 0 Å². The first-order valence-electron chi connectivity index (χ1n) is 5.54. The second kappa shape index (κ2) is 7.69. The molecule has 0 aliphatic rings. The minimum atomic E-state index is -0.355. The van der Waals surface area contributed by atoms with E-state index in [1.165, 1.54) is 0 Å². The fraction of sp³-hybridized carbons (Fsp3) is 0.385. The highest BCUT2D eigenvalue weighted by molar-refractivity contribution is 9.09. The summed E-state index contributed by atoms with van der Waals surface area (Å²) in [6.07, 6.45) is 0.319. The summed E-state index contributed by atoms with van der Waals surface area (Å²) in [5.41, 5.74) is 2.36. The number of hydrogen-bond donors (Lipinski definition) is 0. The summed E-state index contributed by atoms with van der Waals surface area (Å²) in [4.78, 5) is 23.1. The fourth-order valence-electron chi connectivity index (χ4n) is 1.52. The minimum Gasteiger partial charge on any atom is -0.462 e. The van der Waals surface area contributed by atoms with Gasteiger partial charge in [0.2, 0.25) is 0 Å². The average Bonchev–Trinajstić information content (AvgIpc) is 2.38. The summed E-state index contributed by atoms with van der Waals surface area (Å²) in [5.74, 6) is -0.274. The Morgan fingerprint density at radius 3 is 2.50 bits per heavy atom. The molecule has 0 atom stereocenters. The van der Waals surface area contributed by atoms with Gasteiger partial charge in [-0.3, -0.25) is 4.79 Å². The van der Waals surface area contributed by atoms with Crippen LogP contribution in [0.2, 0.25) is 0 Å². The summed E-state index contributed by atoms with van der Waals surface area (Å²) in [7, 11) is 0. The van der Waals surface area contributed by atoms with Gasteiger partial charge in [0.15, 0.2) is 0 Å². The molecule has 0 heterocycles. The van der Waals surface area contributed by atoms with Crippen molar-refractivity contribution in [2.24, 2.45) is 0 Å². The Kier molecular flexibility index (Phi) is 6.57. The van der Waals surface area contributed by atoms with Crippen molar-refractivity contribution < 1.29 is 14.3 Å². The van der Waals surface area contributed by atoms with E-state index in [0.717, 1.165) is 11.1 Å². The maximum Gasteiger partial charge on any atom is 0.338 e. The lowest BCUT2D eigenvalue weighted by atomic mass is 10.0. The average molecular weight is 378 g/mol. The van der Waals surface area contributed by atoms with E-state index in [0.29, 0.717) is 29.3 Å². The van der Waals surface area contributed by atoms with Gasteiger partial charge in [0.05, 0.1) is 17.5 Å². The van der Waals surface area contributed by atoms with E-state index in [1.807, 2.05) is 6.07 Å². The highest BCUT2D eigenvalue weighted by Gasteiger charge is 2.12. The van der Waals surface area contributed by atoms with Crippen molar-refractivity contribution in [3.05, 3.63) is 34.9 Å². The molecule has 1 rings (SSSR count). The van der Waals surface area contributed by atoms with Gasteiger partial charge in [0.1, 0.15) is 5.78 Å². The molecular weight excluding hydrogens is 364 g/mol. The first-order valence-corrected chi connectivity index (χ1v) is 7.79. The van der Waals surface area contributed by atoms with E-state index in [1.54, 1.807) is 19.1 Å². The van der Waals surface area contributed by atoms with Crippen LogP contribution in [0.5, 0.6) is 0 Å². The van der Waals surface area contributed by atoms with Crippen LogP contribution in [0.15, 0.2) is 18.2 Å². The lowest BCUT2D eigenvalue weighted by Crippen LogP contribution is -2.09. The standard InChI is InChI=1S/C13H14Br2O3/c1-2-18-13(17)9-3-4-10(7-14)11(5-9)6-12(16)8-15/h3-5H,2,6-8H2,1H3. The number of carbonyl (C=O) groups is 2. The molecule has 18 heavy (non-hydrogen) atoms. The largest absolute Gasteiger partial charge is 0.462 e. The SMILES string of the molecule is CCOC(=O)c1ccc(CBr)c(CC(=O)CBr)c1. The van der Waals surface area contributed by atoms with Crippen molar-refractivity contribution in [2.45, 2.75) is 18.7 Å². The van der Waals surface area contributed by atoms with E-state index in [9.17, 15) is 9.59 Å². The van der Waals surface area contributed by atoms with Gasteiger partial charge in [0, 0.05) is 11.8 Å². The number of hydrogen-bond acceptors (Lipinski definition) is 3. The number of rotatable bonds is 6. The van der Waals surface area contributed by atoms with Gasteiger partial charge in [-0.2, -0.15) is 0 Å². The van der Waals surface area contributed by atoms with E-state index in [2.05, 4.69) is 31.9 Å². The zero-order valence-electron chi connectivity index (χ0n) is 10.0. The van der Waals surface area contributed by atoms with Gasteiger partial charge in [-0.1, -0.05) is 37.9 Å². The van der Waals surface area contributed by atoms with Gasteiger partial charge >= 0.3 is 5.97 Å². The summed E-state index contributed by atoms with van der Waals surface area (Å²) in [5, 5.41) is 0.972. The molecule has 0 aliphatic heterocycles. The Morgan fingerprint density at radius 1 is 1.22 bits per heavy atom. The van der Waals surface area contributed by atoms with Crippen molar-refractivity contribution >= 4 is 43.6 Å². The predicted molar refractivity (Wildman–Crippen MR) is 77.5 cm³/mol. The molecule has 0 bridgehead atoms. The molecule has 1 aromatic carbocycles. The molecule has 98 valence electrons. The maximum absolute atomic E-state index is 11.6. The van der Waals surface area contributed by atoms with Crippen molar-refractivity contribution in [3.8, 4) is 0 Å². The Morgan fingerprint density at radius 2 is 1.94 bits per heavy atom. The number of ether oxygens (including phenoxy) is 1. The third kappa shape index (κ3) is 4.21. The molecule has 3 nitrogen and oxygen atoms in total. The molecule has 0 saturated carbocycles. The molecule has 0 spiro atoms. The van der Waals surface area contributed by atoms with Gasteiger partial charge in [0.25, 0.3) is 0 Å². The summed E-state index contributed by atoms with van der Waals surface area (Å²) >= 11 is 6.51. The summed E-state index contributed by atoms with van der Waals surface area (Å²) in [6, 6.07) is 5.30. The molecule has 0 N–H and O–H groups in total. The van der Waals surface area contributed by atoms with Crippen LogP contribution in [0, 0.1) is 0 Å². The van der Waals surface area contributed by atoms with Crippen LogP contribution < -0.4 is 0 Å². The Hall–Kier alpha value is -0.680. The summed E-state index contributed by atoms with van der Waals surface area (Å²) in [6.45, 7) is 2.11. The van der Waals surface area contributed by atoms with Gasteiger partial charge in [-0.25, -0.2) is 4.79 Å². The lowest BCUT2D eigenvalue weighted by Gasteiger charge is -2.09. The van der Waals surface area contributed by atoms with Crippen molar-refractivity contribution in [2.75, 3.05) is 11.9 Å². The van der Waals surface area contributed by atoms with Crippen LogP contribution in [-0.2, 0) is 21.3 Å². The molecule has 0 aromatic heterocycles. The molecule has 0 amide bonds. The second-order valence-corrected chi connectivity index (χ2v) is 4.81. The third-order valence-corrected chi connectivity index (χ3v) is 3.63. The van der Waals surface area contributed by atoms with Crippen LogP contribution in [0.25, 0.3) is 0 Å². The molecule has 0 saturated heterocycles. The fourth-order valence-corrected chi connectivity index (χ4v) is 2.27. The topological polar surface area (TPSA) is 43.4 Å². The number of Topliss-reactive ketones (excluding diaryl/α,β-unsaturated/α-hetero) is 1. The predicted octanol–water partition coefficient (Wildman–Crippen LogP) is 3.26. The van der Waals surface area contributed by atoms with E-state index in [4.69, 9.17) is 4.74 Å². The molecule has 0 fully saturated rings. The number of carbonyl (C=O) groups excluding carboxylic acids is 2. The highest BCUT2D eigenvalue weighted by Crippen LogP contribution is 2.17. The quantitative estimate of drug-likeness (QED) is 0.564. The van der Waals surface area contributed by atoms with E-state index >= 15 is 0 Å². The smallest absolute Gasteiger partial charge is 0.338 e. The highest BCUT2D eigenvalue weighted by atomic mass is 79.9. The molecule has 1 aromatic rings. The van der Waals surface area contributed by atoms with Gasteiger partial charge < -0.3 is 4.74 Å². The van der Waals surface area contributed by atoms with E-state index in [-0.39, 0.29) is 11.8 Å². The van der Waals surface area contributed by atoms with Crippen LogP contribution in [-0.4, -0.2) is 23.7 Å². The normalized spacial score (nSPS) is 10.2. The van der Waals surface area contributed by atoms with Crippen LogP contribution in [0.1, 0.15) is 28.4 Å². The number of esters is 1. The van der Waals surface area contributed by atoms with Crippen molar-refractivity contribution in [1.29, 1.82) is 0 Å². The first kappa shape index (κ1) is 15.4. The number of benzene rings is 1. The number of alkyl halides is 2. The summed E-state index contributed by atoms with van der Waals surface area (Å²) < 4.78 is 4.94. The molecule has 5 heteroatoms. The first-order chi connectivity index (χ1) is 8.62. The molecular formula is C13H14Br2O3. The monoisotopic (exact) mass is 376 g/mol. The lowest BCUT2D eigenvalue weighted by molar-refractivity contribution is -0.115. The zero-order valence-corrected chi connectivity index (χ0v) is 13.2. The van der Waals surface area contributed by atoms with Gasteiger partial charge in [-0.05, 0) is 30.2 Å². The molecule has 0 radical (unpaired) electrons. The Balaban J connectivity index is 3.01. The molecule has 0 aliphatic carbocycles. The Labute approximate surface area is 123 Å². The second-order valence-electron chi connectivity index (χ2n) is 3.69. The molecule has 0 unspecified atom stereocenters. The third-order valence-electron chi connectivity index (χ3n) is 2.40. The number of ketones is 1. The number of halogens is 2. The van der Waals surface area contributed by atoms with Crippen LogP contribution in [0.3, 0.4) is 0 Å². The van der Waals surface area contributed by atoms with Gasteiger partial charge in [-0.15, -0.1) is 0 Å².